The summed E-state index contributed by atoms with van der Waals surface area (Å²) in [6, 6.07) is 6.48. The van der Waals surface area contributed by atoms with Crippen LogP contribution in [0.5, 0.6) is 0 Å². The Labute approximate surface area is 110 Å². The fourth-order valence-electron chi connectivity index (χ4n) is 1.25. The van der Waals surface area contributed by atoms with Crippen LogP contribution in [-0.4, -0.2) is 17.0 Å². The highest BCUT2D eigenvalue weighted by Gasteiger charge is 2.14. The Balaban J connectivity index is 2.14. The van der Waals surface area contributed by atoms with Crippen molar-refractivity contribution in [2.75, 3.05) is 11.1 Å². The molecule has 0 saturated heterocycles. The topological polar surface area (TPSA) is 24.4 Å². The lowest BCUT2D eigenvalue weighted by Crippen LogP contribution is -2.05. The molecule has 1 aromatic rings. The standard InChI is InChI=1S/C10H10Br2N2S/c1-6-5-15-10(13-6)14-9-3-2-7(11)4-8(9)12/h2-4,6H,5H2,1H3,(H,13,14). The molecule has 2 nitrogen and oxygen atoms in total. The van der Waals surface area contributed by atoms with Gasteiger partial charge in [0.05, 0.1) is 11.7 Å². The Kier molecular flexibility index (Phi) is 3.74. The van der Waals surface area contributed by atoms with Crippen LogP contribution < -0.4 is 5.32 Å². The lowest BCUT2D eigenvalue weighted by molar-refractivity contribution is 0.865. The van der Waals surface area contributed by atoms with Gasteiger partial charge in [0, 0.05) is 14.7 Å². The third-order valence-electron chi connectivity index (χ3n) is 1.97. The van der Waals surface area contributed by atoms with Crippen molar-refractivity contribution in [1.82, 2.24) is 0 Å². The first-order valence-corrected chi connectivity index (χ1v) is 7.15. The molecular weight excluding hydrogens is 340 g/mol. The second-order valence-electron chi connectivity index (χ2n) is 3.34. The molecular formula is C10H10Br2N2S. The number of hydrogen-bond donors (Lipinski definition) is 1. The molecule has 5 heteroatoms. The zero-order chi connectivity index (χ0) is 10.8. The molecule has 0 radical (unpaired) electrons. The van der Waals surface area contributed by atoms with Gasteiger partial charge in [-0.1, -0.05) is 27.7 Å². The Morgan fingerprint density at radius 1 is 1.47 bits per heavy atom. The Hall–Kier alpha value is -0.0000000000000000555. The molecule has 1 N–H and O–H groups in total. The maximum absolute atomic E-state index is 4.48. The summed E-state index contributed by atoms with van der Waals surface area (Å²) in [6.07, 6.45) is 0. The second kappa shape index (κ2) is 4.89. The van der Waals surface area contributed by atoms with Crippen LogP contribution in [0.4, 0.5) is 5.69 Å². The summed E-state index contributed by atoms with van der Waals surface area (Å²) in [7, 11) is 0. The average Bonchev–Trinajstić information content (AvgIpc) is 2.56. The van der Waals surface area contributed by atoms with Gasteiger partial charge in [-0.15, -0.1) is 0 Å². The van der Waals surface area contributed by atoms with E-state index in [9.17, 15) is 0 Å². The van der Waals surface area contributed by atoms with E-state index >= 15 is 0 Å². The van der Waals surface area contributed by atoms with Gasteiger partial charge >= 0.3 is 0 Å². The number of halogens is 2. The predicted molar refractivity (Wildman–Crippen MR) is 74.8 cm³/mol. The molecule has 0 aliphatic carbocycles. The van der Waals surface area contributed by atoms with Crippen molar-refractivity contribution < 1.29 is 0 Å². The van der Waals surface area contributed by atoms with E-state index in [1.165, 1.54) is 0 Å². The second-order valence-corrected chi connectivity index (χ2v) is 6.12. The smallest absolute Gasteiger partial charge is 0.161 e. The first kappa shape index (κ1) is 11.5. The number of anilines is 1. The Morgan fingerprint density at radius 2 is 2.27 bits per heavy atom. The van der Waals surface area contributed by atoms with E-state index in [0.717, 1.165) is 25.6 Å². The SMILES string of the molecule is CC1CSC(Nc2ccc(Br)cc2Br)=N1. The van der Waals surface area contributed by atoms with Crippen molar-refractivity contribution in [3.05, 3.63) is 27.1 Å². The molecule has 1 aromatic carbocycles. The van der Waals surface area contributed by atoms with E-state index < -0.39 is 0 Å². The highest BCUT2D eigenvalue weighted by atomic mass is 79.9. The van der Waals surface area contributed by atoms with Crippen LogP contribution in [0.1, 0.15) is 6.92 Å². The maximum Gasteiger partial charge on any atom is 0.161 e. The van der Waals surface area contributed by atoms with Crippen molar-refractivity contribution in [2.24, 2.45) is 4.99 Å². The van der Waals surface area contributed by atoms with Gasteiger partial charge in [0.15, 0.2) is 5.17 Å². The van der Waals surface area contributed by atoms with Gasteiger partial charge in [0.1, 0.15) is 0 Å². The van der Waals surface area contributed by atoms with Crippen molar-refractivity contribution >= 4 is 54.5 Å². The monoisotopic (exact) mass is 348 g/mol. The molecule has 0 amide bonds. The van der Waals surface area contributed by atoms with Crippen molar-refractivity contribution in [3.63, 3.8) is 0 Å². The fourth-order valence-corrected chi connectivity index (χ4v) is 3.31. The molecule has 0 fully saturated rings. The van der Waals surface area contributed by atoms with Gasteiger partial charge in [-0.25, -0.2) is 0 Å². The number of nitrogens with zero attached hydrogens (tertiary/aromatic N) is 1. The number of rotatable bonds is 1. The largest absolute Gasteiger partial charge is 0.334 e. The normalized spacial score (nSPS) is 20.2. The first-order chi connectivity index (χ1) is 7.15. The Morgan fingerprint density at radius 3 is 2.87 bits per heavy atom. The van der Waals surface area contributed by atoms with E-state index in [-0.39, 0.29) is 0 Å². The maximum atomic E-state index is 4.48. The Bertz CT molecular complexity index is 406. The summed E-state index contributed by atoms with van der Waals surface area (Å²) >= 11 is 8.70. The summed E-state index contributed by atoms with van der Waals surface area (Å²) in [5.74, 6) is 1.07. The minimum Gasteiger partial charge on any atom is -0.334 e. The van der Waals surface area contributed by atoms with Crippen LogP contribution in [-0.2, 0) is 0 Å². The molecule has 80 valence electrons. The third kappa shape index (κ3) is 2.98. The van der Waals surface area contributed by atoms with E-state index in [2.05, 4.69) is 49.1 Å². The molecule has 1 aliphatic rings. The molecule has 1 aliphatic heterocycles. The van der Waals surface area contributed by atoms with Gasteiger partial charge in [-0.2, -0.15) is 0 Å². The number of amidine groups is 1. The van der Waals surface area contributed by atoms with Gasteiger partial charge in [0.25, 0.3) is 0 Å². The van der Waals surface area contributed by atoms with Crippen LogP contribution in [0.25, 0.3) is 0 Å². The first-order valence-electron chi connectivity index (χ1n) is 4.58. The van der Waals surface area contributed by atoms with Crippen LogP contribution in [0, 0.1) is 0 Å². The van der Waals surface area contributed by atoms with Crippen molar-refractivity contribution in [1.29, 1.82) is 0 Å². The molecule has 0 saturated carbocycles. The van der Waals surface area contributed by atoms with E-state index in [0.29, 0.717) is 6.04 Å². The molecule has 1 atom stereocenters. The van der Waals surface area contributed by atoms with Crippen LogP contribution in [0.2, 0.25) is 0 Å². The summed E-state index contributed by atoms with van der Waals surface area (Å²) in [5, 5.41) is 4.32. The minimum atomic E-state index is 0.423. The zero-order valence-electron chi connectivity index (χ0n) is 8.13. The van der Waals surface area contributed by atoms with Gasteiger partial charge in [-0.3, -0.25) is 4.99 Å². The summed E-state index contributed by atoms with van der Waals surface area (Å²) in [4.78, 5) is 4.48. The number of nitrogens with one attached hydrogen (secondary N) is 1. The summed E-state index contributed by atoms with van der Waals surface area (Å²) in [5.41, 5.74) is 1.05. The molecule has 15 heavy (non-hydrogen) atoms. The molecule has 1 unspecified atom stereocenters. The molecule has 1 heterocycles. The summed E-state index contributed by atoms with van der Waals surface area (Å²) in [6.45, 7) is 2.12. The lowest BCUT2D eigenvalue weighted by Gasteiger charge is -2.07. The molecule has 0 spiro atoms. The quantitative estimate of drug-likeness (QED) is 0.824. The van der Waals surface area contributed by atoms with Crippen LogP contribution in [0.3, 0.4) is 0 Å². The third-order valence-corrected chi connectivity index (χ3v) is 4.25. The van der Waals surface area contributed by atoms with E-state index in [4.69, 9.17) is 0 Å². The molecule has 2 rings (SSSR count). The average molecular weight is 350 g/mol. The zero-order valence-corrected chi connectivity index (χ0v) is 12.1. The molecule has 0 aromatic heterocycles. The fraction of sp³-hybridized carbons (Fsp3) is 0.300. The number of aliphatic imine (C=N–C) groups is 1. The number of hydrogen-bond acceptors (Lipinski definition) is 3. The number of thioether (sulfide) groups is 1. The minimum absolute atomic E-state index is 0.423. The van der Waals surface area contributed by atoms with E-state index in [1.807, 2.05) is 18.2 Å². The van der Waals surface area contributed by atoms with E-state index in [1.54, 1.807) is 11.8 Å². The highest BCUT2D eigenvalue weighted by Crippen LogP contribution is 2.28. The van der Waals surface area contributed by atoms with Gasteiger partial charge in [-0.05, 0) is 41.1 Å². The van der Waals surface area contributed by atoms with Gasteiger partial charge in [0.2, 0.25) is 0 Å². The lowest BCUT2D eigenvalue weighted by atomic mass is 10.3. The predicted octanol–water partition coefficient (Wildman–Crippen LogP) is 4.11. The van der Waals surface area contributed by atoms with Crippen molar-refractivity contribution in [2.45, 2.75) is 13.0 Å². The van der Waals surface area contributed by atoms with Crippen molar-refractivity contribution in [3.8, 4) is 0 Å². The van der Waals surface area contributed by atoms with Crippen LogP contribution in [0.15, 0.2) is 32.1 Å². The van der Waals surface area contributed by atoms with Gasteiger partial charge < -0.3 is 5.32 Å². The summed E-state index contributed by atoms with van der Waals surface area (Å²) < 4.78 is 2.11. The molecule has 0 bridgehead atoms. The highest BCUT2D eigenvalue weighted by molar-refractivity contribution is 9.11. The van der Waals surface area contributed by atoms with Crippen LogP contribution >= 0.6 is 43.6 Å². The number of benzene rings is 1.